The lowest BCUT2D eigenvalue weighted by Gasteiger charge is -2.48. The number of benzene rings is 1. The van der Waals surface area contributed by atoms with Crippen molar-refractivity contribution in [3.05, 3.63) is 29.8 Å². The summed E-state index contributed by atoms with van der Waals surface area (Å²) < 4.78 is 31.3. The molecule has 1 aliphatic carbocycles. The number of carbonyl (C=O) groups excluding carboxylic acids is 1. The van der Waals surface area contributed by atoms with Crippen LogP contribution in [0.3, 0.4) is 0 Å². The molecule has 1 spiro atoms. The average molecular weight is 459 g/mol. The molecule has 182 valence electrons. The Hall–Kier alpha value is -1.47. The Labute approximate surface area is 197 Å². The van der Waals surface area contributed by atoms with Crippen LogP contribution < -0.4 is 4.74 Å². The Morgan fingerprint density at radius 1 is 1.12 bits per heavy atom. The van der Waals surface area contributed by atoms with Crippen LogP contribution in [-0.2, 0) is 30.3 Å². The average Bonchev–Trinajstić information content (AvgIpc) is 3.42. The van der Waals surface area contributed by atoms with Gasteiger partial charge in [-0.15, -0.1) is 0 Å². The van der Waals surface area contributed by atoms with Gasteiger partial charge in [0, 0.05) is 17.8 Å². The minimum atomic E-state index is -0.510. The molecule has 3 heterocycles. The molecular weight excluding hydrogens is 420 g/mol. The number of ether oxygens (including phenoxy) is 5. The highest BCUT2D eigenvalue weighted by molar-refractivity contribution is 5.85. The van der Waals surface area contributed by atoms with E-state index in [2.05, 4.69) is 20.8 Å². The highest BCUT2D eigenvalue weighted by atomic mass is 16.8. The standard InChI is InChI=1S/C27H38O6/c1-5-26(6-2)31-17-24(3,33-26)23-12-13-25(15-22-21(28)11-14-27(23,25)32-22)18-30-16-19-7-9-20(29-4)10-8-19/h7-10,22-23H,5-6,11-18H2,1-4H3/t22-,23-,24+,25+,27+/m0/s1. The molecule has 0 unspecified atom stereocenters. The van der Waals surface area contributed by atoms with E-state index in [1.165, 1.54) is 0 Å². The van der Waals surface area contributed by atoms with Crippen LogP contribution in [0.15, 0.2) is 24.3 Å². The van der Waals surface area contributed by atoms with E-state index >= 15 is 0 Å². The monoisotopic (exact) mass is 458 g/mol. The molecule has 3 aliphatic heterocycles. The van der Waals surface area contributed by atoms with Gasteiger partial charge in [-0.1, -0.05) is 26.0 Å². The number of carbonyl (C=O) groups is 1. The van der Waals surface area contributed by atoms with Crippen molar-refractivity contribution < 1.29 is 28.5 Å². The summed E-state index contributed by atoms with van der Waals surface area (Å²) in [7, 11) is 1.67. The third kappa shape index (κ3) is 3.56. The molecule has 4 fully saturated rings. The van der Waals surface area contributed by atoms with Crippen LogP contribution in [0, 0.1) is 11.3 Å². The smallest absolute Gasteiger partial charge is 0.168 e. The van der Waals surface area contributed by atoms with Crippen molar-refractivity contribution in [2.75, 3.05) is 20.3 Å². The van der Waals surface area contributed by atoms with Crippen LogP contribution in [0.1, 0.15) is 71.3 Å². The molecule has 0 radical (unpaired) electrons. The SMILES string of the molecule is CCC1(CC)OC[C@](C)([C@@H]2CC[C@]3(COCc4ccc(OC)cc4)C[C@@H]4O[C@]23CCC4=O)O1. The van der Waals surface area contributed by atoms with Crippen LogP contribution in [-0.4, -0.2) is 49.2 Å². The van der Waals surface area contributed by atoms with Crippen molar-refractivity contribution in [3.63, 3.8) is 0 Å². The second-order valence-electron chi connectivity index (χ2n) is 10.7. The molecule has 3 saturated heterocycles. The van der Waals surface area contributed by atoms with Crippen LogP contribution in [0.25, 0.3) is 0 Å². The van der Waals surface area contributed by atoms with Gasteiger partial charge < -0.3 is 23.7 Å². The number of methoxy groups -OCH3 is 1. The number of rotatable bonds is 8. The van der Waals surface area contributed by atoms with E-state index in [-0.39, 0.29) is 28.8 Å². The largest absolute Gasteiger partial charge is 0.497 e. The molecule has 5 rings (SSSR count). The summed E-state index contributed by atoms with van der Waals surface area (Å²) in [5.41, 5.74) is 0.154. The van der Waals surface area contributed by atoms with Crippen molar-refractivity contribution in [3.8, 4) is 5.75 Å². The second kappa shape index (κ2) is 8.33. The Morgan fingerprint density at radius 2 is 1.88 bits per heavy atom. The third-order valence-electron chi connectivity index (χ3n) is 9.06. The third-order valence-corrected chi connectivity index (χ3v) is 9.06. The maximum atomic E-state index is 12.6. The van der Waals surface area contributed by atoms with E-state index in [4.69, 9.17) is 23.7 Å². The minimum Gasteiger partial charge on any atom is -0.497 e. The van der Waals surface area contributed by atoms with Gasteiger partial charge in [-0.3, -0.25) is 4.79 Å². The molecule has 1 aromatic rings. The van der Waals surface area contributed by atoms with Crippen LogP contribution in [0.4, 0.5) is 0 Å². The molecule has 33 heavy (non-hydrogen) atoms. The summed E-state index contributed by atoms with van der Waals surface area (Å²) in [5.74, 6) is 0.763. The second-order valence-corrected chi connectivity index (χ2v) is 10.7. The summed E-state index contributed by atoms with van der Waals surface area (Å²) in [6, 6.07) is 7.99. The summed E-state index contributed by atoms with van der Waals surface area (Å²) >= 11 is 0. The van der Waals surface area contributed by atoms with Crippen molar-refractivity contribution in [1.82, 2.24) is 0 Å². The van der Waals surface area contributed by atoms with Crippen LogP contribution in [0.5, 0.6) is 5.75 Å². The fourth-order valence-corrected chi connectivity index (χ4v) is 7.18. The van der Waals surface area contributed by atoms with Crippen LogP contribution in [0.2, 0.25) is 0 Å². The van der Waals surface area contributed by atoms with Gasteiger partial charge in [0.25, 0.3) is 0 Å². The predicted octanol–water partition coefficient (Wildman–Crippen LogP) is 4.82. The molecule has 1 saturated carbocycles. The van der Waals surface area contributed by atoms with Crippen molar-refractivity contribution >= 4 is 5.78 Å². The highest BCUT2D eigenvalue weighted by Gasteiger charge is 2.73. The zero-order valence-corrected chi connectivity index (χ0v) is 20.5. The molecule has 0 aromatic heterocycles. The van der Waals surface area contributed by atoms with E-state index in [1.54, 1.807) is 7.11 Å². The first kappa shape index (κ1) is 23.3. The first-order chi connectivity index (χ1) is 15.8. The van der Waals surface area contributed by atoms with E-state index in [0.717, 1.165) is 49.8 Å². The lowest BCUT2D eigenvalue weighted by atomic mass is 9.66. The molecule has 6 nitrogen and oxygen atoms in total. The number of hydrogen-bond acceptors (Lipinski definition) is 6. The predicted molar refractivity (Wildman–Crippen MR) is 123 cm³/mol. The van der Waals surface area contributed by atoms with Gasteiger partial charge in [-0.2, -0.15) is 0 Å². The zero-order chi connectivity index (χ0) is 23.3. The van der Waals surface area contributed by atoms with Gasteiger partial charge in [0.2, 0.25) is 0 Å². The number of hydrogen-bond donors (Lipinski definition) is 0. The Bertz CT molecular complexity index is 879. The fourth-order valence-electron chi connectivity index (χ4n) is 7.18. The molecule has 0 N–H and O–H groups in total. The lowest BCUT2D eigenvalue weighted by molar-refractivity contribution is -0.226. The summed E-state index contributed by atoms with van der Waals surface area (Å²) in [5, 5.41) is 0. The molecule has 5 atom stereocenters. The summed E-state index contributed by atoms with van der Waals surface area (Å²) in [4.78, 5) is 12.6. The van der Waals surface area contributed by atoms with Gasteiger partial charge in [-0.05, 0) is 63.1 Å². The quantitative estimate of drug-likeness (QED) is 0.557. The molecule has 0 amide bonds. The van der Waals surface area contributed by atoms with E-state index in [0.29, 0.717) is 26.2 Å². The maximum absolute atomic E-state index is 12.6. The summed E-state index contributed by atoms with van der Waals surface area (Å²) in [6.07, 6.45) is 5.46. The number of fused-ring (bicyclic) bond motifs is 1. The molecule has 2 bridgehead atoms. The Kier molecular flexibility index (Phi) is 5.88. The Balaban J connectivity index is 1.37. The number of ketones is 1. The van der Waals surface area contributed by atoms with E-state index in [1.807, 2.05) is 24.3 Å². The van der Waals surface area contributed by atoms with E-state index < -0.39 is 11.4 Å². The van der Waals surface area contributed by atoms with Gasteiger partial charge in [0.15, 0.2) is 11.6 Å². The van der Waals surface area contributed by atoms with Crippen molar-refractivity contribution in [1.29, 1.82) is 0 Å². The number of Topliss-reactive ketones (excluding diaryl/α,β-unsaturated/α-hetero) is 1. The van der Waals surface area contributed by atoms with Crippen LogP contribution >= 0.6 is 0 Å². The van der Waals surface area contributed by atoms with Gasteiger partial charge in [-0.25, -0.2) is 0 Å². The Morgan fingerprint density at radius 3 is 2.55 bits per heavy atom. The first-order valence-electron chi connectivity index (χ1n) is 12.6. The van der Waals surface area contributed by atoms with Gasteiger partial charge in [0.1, 0.15) is 11.9 Å². The van der Waals surface area contributed by atoms with Crippen molar-refractivity contribution in [2.24, 2.45) is 11.3 Å². The summed E-state index contributed by atoms with van der Waals surface area (Å²) in [6.45, 7) is 8.16. The van der Waals surface area contributed by atoms with Gasteiger partial charge in [0.05, 0.1) is 38.1 Å². The van der Waals surface area contributed by atoms with Crippen molar-refractivity contribution in [2.45, 2.75) is 95.4 Å². The highest BCUT2D eigenvalue weighted by Crippen LogP contribution is 2.67. The zero-order valence-electron chi connectivity index (χ0n) is 20.5. The van der Waals surface area contributed by atoms with E-state index in [9.17, 15) is 4.79 Å². The molecule has 4 aliphatic rings. The normalized spacial score (nSPS) is 39.1. The lowest BCUT2D eigenvalue weighted by Crippen LogP contribution is -2.57. The maximum Gasteiger partial charge on any atom is 0.168 e. The molecule has 6 heteroatoms. The molecular formula is C27H38O6. The molecule has 1 aromatic carbocycles. The topological polar surface area (TPSA) is 63.2 Å². The van der Waals surface area contributed by atoms with Gasteiger partial charge >= 0.3 is 0 Å². The first-order valence-corrected chi connectivity index (χ1v) is 12.6. The minimum absolute atomic E-state index is 0.156. The fraction of sp³-hybridized carbons (Fsp3) is 0.741.